The Balaban J connectivity index is 1.65. The van der Waals surface area contributed by atoms with Crippen molar-refractivity contribution in [1.82, 2.24) is 10.3 Å². The average molecular weight is 246 g/mol. The van der Waals surface area contributed by atoms with Crippen LogP contribution in [0.2, 0.25) is 0 Å². The quantitative estimate of drug-likeness (QED) is 0.857. The van der Waals surface area contributed by atoms with E-state index in [9.17, 15) is 0 Å². The third-order valence-corrected chi connectivity index (χ3v) is 4.28. The normalized spacial score (nSPS) is 24.1. The van der Waals surface area contributed by atoms with E-state index in [1.165, 1.54) is 44.2 Å². The Morgan fingerprint density at radius 1 is 1.17 bits per heavy atom. The van der Waals surface area contributed by atoms with E-state index < -0.39 is 0 Å². The molecule has 1 aromatic heterocycles. The summed E-state index contributed by atoms with van der Waals surface area (Å²) in [6.07, 6.45) is 9.06. The molecule has 1 fully saturated rings. The van der Waals surface area contributed by atoms with Gasteiger partial charge in [0.25, 0.3) is 0 Å². The van der Waals surface area contributed by atoms with Crippen LogP contribution < -0.4 is 5.32 Å². The van der Waals surface area contributed by atoms with Crippen LogP contribution in [0.25, 0.3) is 0 Å². The zero-order chi connectivity index (χ0) is 12.8. The van der Waals surface area contributed by atoms with Crippen molar-refractivity contribution in [1.29, 1.82) is 0 Å². The molecule has 0 aliphatic heterocycles. The van der Waals surface area contributed by atoms with E-state index in [2.05, 4.69) is 29.4 Å². The minimum absolute atomic E-state index is 0.895. The van der Waals surface area contributed by atoms with Gasteiger partial charge >= 0.3 is 0 Å². The number of pyridine rings is 1. The molecule has 1 aliphatic rings. The Morgan fingerprint density at radius 2 is 1.89 bits per heavy atom. The van der Waals surface area contributed by atoms with Gasteiger partial charge in [-0.15, -0.1) is 0 Å². The molecule has 0 atom stereocenters. The highest BCUT2D eigenvalue weighted by molar-refractivity contribution is 5.12. The van der Waals surface area contributed by atoms with Gasteiger partial charge in [0.05, 0.1) is 0 Å². The molecule has 100 valence electrons. The summed E-state index contributed by atoms with van der Waals surface area (Å²) in [5, 5.41) is 3.58. The molecule has 2 rings (SSSR count). The summed E-state index contributed by atoms with van der Waals surface area (Å²) in [6.45, 7) is 6.49. The SMILES string of the molecule is CCC1CCC(CNCc2ccc(C)nc2)CC1. The maximum absolute atomic E-state index is 4.33. The van der Waals surface area contributed by atoms with E-state index in [1.54, 1.807) is 0 Å². The van der Waals surface area contributed by atoms with Crippen molar-refractivity contribution >= 4 is 0 Å². The molecule has 1 N–H and O–H groups in total. The van der Waals surface area contributed by atoms with E-state index in [1.807, 2.05) is 13.1 Å². The Hall–Kier alpha value is -0.890. The first-order valence-corrected chi connectivity index (χ1v) is 7.40. The third kappa shape index (κ3) is 4.09. The molecule has 2 nitrogen and oxygen atoms in total. The Kier molecular flexibility index (Phi) is 5.18. The van der Waals surface area contributed by atoms with Crippen LogP contribution in [0.3, 0.4) is 0 Å². The fourth-order valence-electron chi connectivity index (χ4n) is 2.87. The lowest BCUT2D eigenvalue weighted by atomic mass is 9.81. The molecule has 1 aromatic rings. The topological polar surface area (TPSA) is 24.9 Å². The molecule has 0 aromatic carbocycles. The van der Waals surface area contributed by atoms with Crippen LogP contribution in [0.15, 0.2) is 18.3 Å². The lowest BCUT2D eigenvalue weighted by Crippen LogP contribution is -2.26. The predicted octanol–water partition coefficient (Wildman–Crippen LogP) is 3.70. The molecular weight excluding hydrogens is 220 g/mol. The Bertz CT molecular complexity index is 337. The largest absolute Gasteiger partial charge is 0.312 e. The van der Waals surface area contributed by atoms with E-state index in [0.29, 0.717) is 0 Å². The Labute approximate surface area is 111 Å². The van der Waals surface area contributed by atoms with E-state index in [0.717, 1.165) is 24.1 Å². The monoisotopic (exact) mass is 246 g/mol. The van der Waals surface area contributed by atoms with Crippen molar-refractivity contribution in [3.63, 3.8) is 0 Å². The molecule has 1 aliphatic carbocycles. The summed E-state index contributed by atoms with van der Waals surface area (Å²) >= 11 is 0. The van der Waals surface area contributed by atoms with Crippen LogP contribution in [0.4, 0.5) is 0 Å². The second-order valence-corrected chi connectivity index (χ2v) is 5.73. The molecule has 1 heterocycles. The maximum Gasteiger partial charge on any atom is 0.0372 e. The summed E-state index contributed by atoms with van der Waals surface area (Å²) in [6, 6.07) is 4.26. The van der Waals surface area contributed by atoms with E-state index in [-0.39, 0.29) is 0 Å². The molecule has 0 saturated heterocycles. The molecule has 0 bridgehead atoms. The average Bonchev–Trinajstić information content (AvgIpc) is 2.42. The van der Waals surface area contributed by atoms with Gasteiger partial charge in [-0.05, 0) is 49.8 Å². The van der Waals surface area contributed by atoms with Gasteiger partial charge < -0.3 is 5.32 Å². The number of rotatable bonds is 5. The second kappa shape index (κ2) is 6.89. The molecule has 0 amide bonds. The molecule has 0 radical (unpaired) electrons. The summed E-state index contributed by atoms with van der Waals surface area (Å²) in [5.74, 6) is 1.90. The van der Waals surface area contributed by atoms with Crippen LogP contribution in [0, 0.1) is 18.8 Å². The number of aryl methyl sites for hydroxylation is 1. The van der Waals surface area contributed by atoms with Crippen molar-refractivity contribution in [3.8, 4) is 0 Å². The van der Waals surface area contributed by atoms with Gasteiger partial charge in [-0.2, -0.15) is 0 Å². The lowest BCUT2D eigenvalue weighted by molar-refractivity contribution is 0.262. The molecule has 1 saturated carbocycles. The molecule has 2 heteroatoms. The summed E-state index contributed by atoms with van der Waals surface area (Å²) < 4.78 is 0. The summed E-state index contributed by atoms with van der Waals surface area (Å²) in [7, 11) is 0. The highest BCUT2D eigenvalue weighted by Gasteiger charge is 2.19. The first kappa shape index (κ1) is 13.5. The van der Waals surface area contributed by atoms with Crippen molar-refractivity contribution in [2.24, 2.45) is 11.8 Å². The number of aromatic nitrogens is 1. The van der Waals surface area contributed by atoms with Gasteiger partial charge in [0.15, 0.2) is 0 Å². The number of nitrogens with zero attached hydrogens (tertiary/aromatic N) is 1. The Morgan fingerprint density at radius 3 is 2.50 bits per heavy atom. The van der Waals surface area contributed by atoms with Crippen molar-refractivity contribution in [3.05, 3.63) is 29.6 Å². The number of nitrogens with one attached hydrogen (secondary N) is 1. The number of hydrogen-bond donors (Lipinski definition) is 1. The smallest absolute Gasteiger partial charge is 0.0372 e. The van der Waals surface area contributed by atoms with Crippen LogP contribution in [-0.4, -0.2) is 11.5 Å². The highest BCUT2D eigenvalue weighted by Crippen LogP contribution is 2.30. The third-order valence-electron chi connectivity index (χ3n) is 4.28. The van der Waals surface area contributed by atoms with Crippen LogP contribution >= 0.6 is 0 Å². The minimum atomic E-state index is 0.895. The molecule has 18 heavy (non-hydrogen) atoms. The van der Waals surface area contributed by atoms with Gasteiger partial charge in [-0.3, -0.25) is 4.98 Å². The summed E-state index contributed by atoms with van der Waals surface area (Å²) in [4.78, 5) is 4.33. The zero-order valence-corrected chi connectivity index (χ0v) is 11.8. The minimum Gasteiger partial charge on any atom is -0.312 e. The van der Waals surface area contributed by atoms with Crippen LogP contribution in [-0.2, 0) is 6.54 Å². The van der Waals surface area contributed by atoms with Crippen LogP contribution in [0.1, 0.15) is 50.3 Å². The first-order valence-electron chi connectivity index (χ1n) is 7.40. The van der Waals surface area contributed by atoms with Gasteiger partial charge in [0.2, 0.25) is 0 Å². The molecule has 0 unspecified atom stereocenters. The van der Waals surface area contributed by atoms with Crippen molar-refractivity contribution in [2.45, 2.75) is 52.5 Å². The fourth-order valence-corrected chi connectivity index (χ4v) is 2.87. The summed E-state index contributed by atoms with van der Waals surface area (Å²) in [5.41, 5.74) is 2.39. The standard InChI is InChI=1S/C16H26N2/c1-3-14-6-8-15(9-7-14)10-17-11-16-5-4-13(2)18-12-16/h4-5,12,14-15,17H,3,6-11H2,1-2H3. The van der Waals surface area contributed by atoms with E-state index >= 15 is 0 Å². The van der Waals surface area contributed by atoms with E-state index in [4.69, 9.17) is 0 Å². The first-order chi connectivity index (χ1) is 8.78. The maximum atomic E-state index is 4.33. The van der Waals surface area contributed by atoms with Gasteiger partial charge in [-0.1, -0.05) is 32.3 Å². The van der Waals surface area contributed by atoms with Gasteiger partial charge in [-0.25, -0.2) is 0 Å². The van der Waals surface area contributed by atoms with Crippen LogP contribution in [0.5, 0.6) is 0 Å². The van der Waals surface area contributed by atoms with Gasteiger partial charge in [0, 0.05) is 18.4 Å². The number of hydrogen-bond acceptors (Lipinski definition) is 2. The zero-order valence-electron chi connectivity index (χ0n) is 11.8. The fraction of sp³-hybridized carbons (Fsp3) is 0.688. The molecule has 0 spiro atoms. The lowest BCUT2D eigenvalue weighted by Gasteiger charge is -2.27. The predicted molar refractivity (Wildman–Crippen MR) is 76.4 cm³/mol. The second-order valence-electron chi connectivity index (χ2n) is 5.73. The molecular formula is C16H26N2. The van der Waals surface area contributed by atoms with Gasteiger partial charge in [0.1, 0.15) is 0 Å². The van der Waals surface area contributed by atoms with Crippen molar-refractivity contribution in [2.75, 3.05) is 6.54 Å². The highest BCUT2D eigenvalue weighted by atomic mass is 14.9. The van der Waals surface area contributed by atoms with Crippen molar-refractivity contribution < 1.29 is 0 Å².